The maximum Gasteiger partial charge on any atom is 0.222 e. The van der Waals surface area contributed by atoms with Gasteiger partial charge in [-0.3, -0.25) is 4.79 Å². The lowest BCUT2D eigenvalue weighted by molar-refractivity contribution is -0.130. The number of hydrogen-bond acceptors (Lipinski definition) is 4. The summed E-state index contributed by atoms with van der Waals surface area (Å²) in [6.07, 6.45) is 1.83. The van der Waals surface area contributed by atoms with Gasteiger partial charge < -0.3 is 10.6 Å². The molecule has 2 heterocycles. The molecule has 2 N–H and O–H groups in total. The molecule has 2 aliphatic rings. The number of piperazine rings is 1. The molecule has 2 aliphatic heterocycles. The molecule has 0 bridgehead atoms. The summed E-state index contributed by atoms with van der Waals surface area (Å²) in [6.45, 7) is 1.81. The zero-order chi connectivity index (χ0) is 12.5. The normalized spacial score (nSPS) is 26.3. The molecule has 0 radical (unpaired) electrons. The lowest BCUT2D eigenvalue weighted by Crippen LogP contribution is -2.53. The average Bonchev–Trinajstić information content (AvgIpc) is 2.68. The van der Waals surface area contributed by atoms with Crippen LogP contribution in [0.4, 0.5) is 0 Å². The van der Waals surface area contributed by atoms with Gasteiger partial charge in [-0.05, 0) is 19.4 Å². The van der Waals surface area contributed by atoms with Crippen molar-refractivity contribution in [3.63, 3.8) is 0 Å². The SMILES string of the molecule is NCCCS(=O)(=O)N1CCN2C(=O)CCC2C1. The number of sulfonamides is 1. The van der Waals surface area contributed by atoms with Gasteiger partial charge in [-0.2, -0.15) is 4.31 Å². The van der Waals surface area contributed by atoms with Crippen LogP contribution in [0.5, 0.6) is 0 Å². The van der Waals surface area contributed by atoms with E-state index >= 15 is 0 Å². The van der Waals surface area contributed by atoms with Crippen LogP contribution in [0.15, 0.2) is 0 Å². The Kier molecular flexibility index (Phi) is 3.70. The molecule has 0 aliphatic carbocycles. The minimum absolute atomic E-state index is 0.0869. The molecule has 2 saturated heterocycles. The monoisotopic (exact) mass is 261 g/mol. The Morgan fingerprint density at radius 3 is 2.82 bits per heavy atom. The zero-order valence-corrected chi connectivity index (χ0v) is 10.7. The van der Waals surface area contributed by atoms with Crippen molar-refractivity contribution in [1.29, 1.82) is 0 Å². The quantitative estimate of drug-likeness (QED) is 0.701. The van der Waals surface area contributed by atoms with Crippen LogP contribution in [0.3, 0.4) is 0 Å². The minimum Gasteiger partial charge on any atom is -0.337 e. The molecular weight excluding hydrogens is 242 g/mol. The molecular formula is C10H19N3O3S. The average molecular weight is 261 g/mol. The Labute approximate surface area is 102 Å². The van der Waals surface area contributed by atoms with Crippen LogP contribution in [0, 0.1) is 0 Å². The van der Waals surface area contributed by atoms with Crippen LogP contribution >= 0.6 is 0 Å². The number of rotatable bonds is 4. The van der Waals surface area contributed by atoms with Gasteiger partial charge in [0.1, 0.15) is 0 Å². The van der Waals surface area contributed by atoms with Gasteiger partial charge in [-0.25, -0.2) is 8.42 Å². The highest BCUT2D eigenvalue weighted by Gasteiger charge is 2.38. The fourth-order valence-electron chi connectivity index (χ4n) is 2.48. The van der Waals surface area contributed by atoms with Crippen LogP contribution in [0.1, 0.15) is 19.3 Å². The molecule has 17 heavy (non-hydrogen) atoms. The number of nitrogens with two attached hydrogens (primary N) is 1. The first kappa shape index (κ1) is 12.8. The molecule has 7 heteroatoms. The molecule has 0 saturated carbocycles. The number of hydrogen-bond donors (Lipinski definition) is 1. The highest BCUT2D eigenvalue weighted by Crippen LogP contribution is 2.24. The third-order valence-electron chi connectivity index (χ3n) is 3.46. The molecule has 0 aromatic rings. The largest absolute Gasteiger partial charge is 0.337 e. The van der Waals surface area contributed by atoms with E-state index in [1.165, 1.54) is 4.31 Å². The third kappa shape index (κ3) is 2.61. The van der Waals surface area contributed by atoms with E-state index in [2.05, 4.69) is 0 Å². The minimum atomic E-state index is -3.19. The maximum absolute atomic E-state index is 12.0. The first-order valence-corrected chi connectivity index (χ1v) is 7.63. The van der Waals surface area contributed by atoms with E-state index in [1.54, 1.807) is 0 Å². The third-order valence-corrected chi connectivity index (χ3v) is 5.38. The Bertz CT molecular complexity index is 396. The topological polar surface area (TPSA) is 83.7 Å². The first-order chi connectivity index (χ1) is 8.04. The van der Waals surface area contributed by atoms with Crippen LogP contribution in [0.2, 0.25) is 0 Å². The number of carbonyl (C=O) groups is 1. The molecule has 2 fully saturated rings. The smallest absolute Gasteiger partial charge is 0.222 e. The molecule has 1 atom stereocenters. The summed E-state index contributed by atoms with van der Waals surface area (Å²) in [5.41, 5.74) is 5.33. The summed E-state index contributed by atoms with van der Waals surface area (Å²) < 4.78 is 25.5. The van der Waals surface area contributed by atoms with Crippen LogP contribution in [0.25, 0.3) is 0 Å². The van der Waals surface area contributed by atoms with Crippen LogP contribution in [-0.2, 0) is 14.8 Å². The summed E-state index contributed by atoms with van der Waals surface area (Å²) in [6, 6.07) is 0.0869. The van der Waals surface area contributed by atoms with E-state index in [0.717, 1.165) is 6.42 Å². The lowest BCUT2D eigenvalue weighted by Gasteiger charge is -2.36. The first-order valence-electron chi connectivity index (χ1n) is 6.02. The molecule has 0 spiro atoms. The van der Waals surface area contributed by atoms with Crippen molar-refractivity contribution in [2.75, 3.05) is 31.9 Å². The highest BCUT2D eigenvalue weighted by molar-refractivity contribution is 7.89. The summed E-state index contributed by atoms with van der Waals surface area (Å²) in [7, 11) is -3.19. The van der Waals surface area contributed by atoms with Crippen molar-refractivity contribution < 1.29 is 13.2 Å². The summed E-state index contributed by atoms with van der Waals surface area (Å²) in [4.78, 5) is 13.3. The Morgan fingerprint density at radius 1 is 1.35 bits per heavy atom. The molecule has 0 aromatic carbocycles. The van der Waals surface area contributed by atoms with E-state index in [-0.39, 0.29) is 17.7 Å². The summed E-state index contributed by atoms with van der Waals surface area (Å²) in [5.74, 6) is 0.276. The molecule has 0 aromatic heterocycles. The Morgan fingerprint density at radius 2 is 2.12 bits per heavy atom. The van der Waals surface area contributed by atoms with Crippen molar-refractivity contribution in [2.45, 2.75) is 25.3 Å². The summed E-state index contributed by atoms with van der Waals surface area (Å²) in [5, 5.41) is 0. The lowest BCUT2D eigenvalue weighted by atomic mass is 10.2. The van der Waals surface area contributed by atoms with Crippen molar-refractivity contribution >= 4 is 15.9 Å². The number of carbonyl (C=O) groups excluding carboxylic acids is 1. The molecule has 2 rings (SSSR count). The van der Waals surface area contributed by atoms with E-state index in [9.17, 15) is 13.2 Å². The van der Waals surface area contributed by atoms with Crippen LogP contribution in [-0.4, -0.2) is 61.5 Å². The summed E-state index contributed by atoms with van der Waals surface area (Å²) >= 11 is 0. The molecule has 1 amide bonds. The highest BCUT2D eigenvalue weighted by atomic mass is 32.2. The number of amides is 1. The van der Waals surface area contributed by atoms with Crippen LogP contribution < -0.4 is 5.73 Å². The van der Waals surface area contributed by atoms with Gasteiger partial charge in [-0.15, -0.1) is 0 Å². The molecule has 98 valence electrons. The molecule has 1 unspecified atom stereocenters. The fraction of sp³-hybridized carbons (Fsp3) is 0.900. The molecule has 6 nitrogen and oxygen atoms in total. The van der Waals surface area contributed by atoms with Gasteiger partial charge in [0.15, 0.2) is 0 Å². The predicted octanol–water partition coefficient (Wildman–Crippen LogP) is -1.03. The second kappa shape index (κ2) is 4.91. The second-order valence-corrected chi connectivity index (χ2v) is 6.68. The van der Waals surface area contributed by atoms with Gasteiger partial charge in [0.05, 0.1) is 5.75 Å². The Hall–Kier alpha value is -0.660. The maximum atomic E-state index is 12.0. The standard InChI is InChI=1S/C10H19N3O3S/c11-4-1-7-17(15,16)12-5-6-13-9(8-12)2-3-10(13)14/h9H,1-8,11H2. The predicted molar refractivity (Wildman–Crippen MR) is 63.8 cm³/mol. The van der Waals surface area contributed by atoms with Gasteiger partial charge in [-0.1, -0.05) is 0 Å². The van der Waals surface area contributed by atoms with Crippen molar-refractivity contribution in [1.82, 2.24) is 9.21 Å². The van der Waals surface area contributed by atoms with Gasteiger partial charge in [0.25, 0.3) is 0 Å². The Balaban J connectivity index is 1.99. The van der Waals surface area contributed by atoms with Gasteiger partial charge in [0, 0.05) is 32.1 Å². The van der Waals surface area contributed by atoms with Crippen molar-refractivity contribution in [3.05, 3.63) is 0 Å². The van der Waals surface area contributed by atoms with E-state index in [1.807, 2.05) is 4.90 Å². The van der Waals surface area contributed by atoms with E-state index in [0.29, 0.717) is 39.0 Å². The number of fused-ring (bicyclic) bond motifs is 1. The van der Waals surface area contributed by atoms with Crippen molar-refractivity contribution in [3.8, 4) is 0 Å². The van der Waals surface area contributed by atoms with Crippen molar-refractivity contribution in [2.24, 2.45) is 5.73 Å². The van der Waals surface area contributed by atoms with E-state index < -0.39 is 10.0 Å². The fourth-order valence-corrected chi connectivity index (χ4v) is 4.03. The van der Waals surface area contributed by atoms with Gasteiger partial charge >= 0.3 is 0 Å². The van der Waals surface area contributed by atoms with E-state index in [4.69, 9.17) is 5.73 Å². The second-order valence-electron chi connectivity index (χ2n) is 4.60. The number of nitrogens with zero attached hydrogens (tertiary/aromatic N) is 2. The van der Waals surface area contributed by atoms with Gasteiger partial charge in [0.2, 0.25) is 15.9 Å². The zero-order valence-electron chi connectivity index (χ0n) is 9.84.